The van der Waals surface area contributed by atoms with Crippen LogP contribution >= 0.6 is 0 Å². The Balaban J connectivity index is 0.000000261. The predicted molar refractivity (Wildman–Crippen MR) is 48.5 cm³/mol. The van der Waals surface area contributed by atoms with Gasteiger partial charge < -0.3 is 15.9 Å². The molecule has 3 heteroatoms. The summed E-state index contributed by atoms with van der Waals surface area (Å²) in [6, 6.07) is 9.52. The van der Waals surface area contributed by atoms with Crippen LogP contribution in [0.5, 0.6) is 0 Å². The largest absolute Gasteiger partial charge is 0.395 e. The Hall–Kier alpha value is -0.900. The Labute approximate surface area is 72.5 Å². The number of benzene rings is 1. The highest BCUT2D eigenvalue weighted by Gasteiger charge is 1.81. The minimum absolute atomic E-state index is 0.0972. The Bertz CT molecular complexity index is 175. The number of hydrogen-bond acceptors (Lipinski definition) is 3. The molecule has 0 heterocycles. The Morgan fingerprint density at radius 3 is 1.83 bits per heavy atom. The minimum Gasteiger partial charge on any atom is -0.395 e. The lowest BCUT2D eigenvalue weighted by atomic mass is 10.2. The van der Waals surface area contributed by atoms with E-state index in [1.54, 1.807) is 0 Å². The molecule has 4 N–H and O–H groups in total. The topological polar surface area (TPSA) is 66.5 Å². The van der Waals surface area contributed by atoms with Crippen molar-refractivity contribution in [2.75, 3.05) is 13.2 Å². The van der Waals surface area contributed by atoms with Gasteiger partial charge in [-0.1, -0.05) is 30.3 Å². The third-order valence-corrected chi connectivity index (χ3v) is 1.15. The van der Waals surface area contributed by atoms with Gasteiger partial charge >= 0.3 is 0 Å². The molecular formula is C9H15NO2. The van der Waals surface area contributed by atoms with Crippen LogP contribution in [-0.2, 0) is 6.61 Å². The lowest BCUT2D eigenvalue weighted by Gasteiger charge is -1.89. The lowest BCUT2D eigenvalue weighted by molar-refractivity contribution is 0.282. The molecule has 3 nitrogen and oxygen atoms in total. The Morgan fingerprint density at radius 1 is 1.08 bits per heavy atom. The maximum atomic E-state index is 8.54. The molecule has 1 aromatic rings. The van der Waals surface area contributed by atoms with Gasteiger partial charge in [0.15, 0.2) is 0 Å². The van der Waals surface area contributed by atoms with Crippen LogP contribution in [0, 0.1) is 0 Å². The molecule has 0 spiro atoms. The van der Waals surface area contributed by atoms with Gasteiger partial charge in [-0.25, -0.2) is 0 Å². The summed E-state index contributed by atoms with van der Waals surface area (Å²) < 4.78 is 0. The van der Waals surface area contributed by atoms with Gasteiger partial charge in [0, 0.05) is 6.54 Å². The summed E-state index contributed by atoms with van der Waals surface area (Å²) in [4.78, 5) is 0. The molecule has 0 unspecified atom stereocenters. The number of rotatable bonds is 2. The summed E-state index contributed by atoms with van der Waals surface area (Å²) in [5.74, 6) is 0. The van der Waals surface area contributed by atoms with Crippen molar-refractivity contribution >= 4 is 0 Å². The maximum Gasteiger partial charge on any atom is 0.0681 e. The number of aliphatic hydroxyl groups is 2. The first kappa shape index (κ1) is 11.1. The molecule has 1 aromatic carbocycles. The second kappa shape index (κ2) is 8.20. The Kier molecular flexibility index (Phi) is 7.58. The van der Waals surface area contributed by atoms with Crippen LogP contribution in [0.4, 0.5) is 0 Å². The van der Waals surface area contributed by atoms with Crippen molar-refractivity contribution in [2.24, 2.45) is 5.73 Å². The van der Waals surface area contributed by atoms with E-state index in [4.69, 9.17) is 15.9 Å². The number of nitrogens with two attached hydrogens (primary N) is 1. The Morgan fingerprint density at radius 2 is 1.58 bits per heavy atom. The van der Waals surface area contributed by atoms with Crippen LogP contribution < -0.4 is 5.73 Å². The van der Waals surface area contributed by atoms with Gasteiger partial charge in [0.1, 0.15) is 0 Å². The smallest absolute Gasteiger partial charge is 0.0681 e. The van der Waals surface area contributed by atoms with Crippen molar-refractivity contribution < 1.29 is 10.2 Å². The fourth-order valence-corrected chi connectivity index (χ4v) is 0.583. The van der Waals surface area contributed by atoms with Crippen LogP contribution in [0.3, 0.4) is 0 Å². The second-order valence-electron chi connectivity index (χ2n) is 2.16. The van der Waals surface area contributed by atoms with Gasteiger partial charge in [0.25, 0.3) is 0 Å². The van der Waals surface area contributed by atoms with Crippen LogP contribution in [0.25, 0.3) is 0 Å². The van der Waals surface area contributed by atoms with Gasteiger partial charge in [-0.05, 0) is 5.56 Å². The van der Waals surface area contributed by atoms with E-state index in [1.807, 2.05) is 30.3 Å². The number of aliphatic hydroxyl groups excluding tert-OH is 2. The van der Waals surface area contributed by atoms with E-state index in [9.17, 15) is 0 Å². The molecule has 0 aliphatic rings. The number of hydrogen-bond donors (Lipinski definition) is 3. The summed E-state index contributed by atoms with van der Waals surface area (Å²) in [5, 5.41) is 16.3. The highest BCUT2D eigenvalue weighted by molar-refractivity contribution is 5.12. The fraction of sp³-hybridized carbons (Fsp3) is 0.333. The lowest BCUT2D eigenvalue weighted by Crippen LogP contribution is -2.02. The van der Waals surface area contributed by atoms with E-state index < -0.39 is 0 Å². The average Bonchev–Trinajstić information content (AvgIpc) is 2.19. The molecule has 12 heavy (non-hydrogen) atoms. The van der Waals surface area contributed by atoms with Crippen molar-refractivity contribution in [2.45, 2.75) is 6.61 Å². The molecule has 0 radical (unpaired) electrons. The SMILES string of the molecule is NCCO.OCc1ccccc1. The molecule has 0 aliphatic heterocycles. The molecule has 0 fully saturated rings. The monoisotopic (exact) mass is 169 g/mol. The van der Waals surface area contributed by atoms with Crippen LogP contribution in [0.1, 0.15) is 5.56 Å². The summed E-state index contributed by atoms with van der Waals surface area (Å²) in [6.45, 7) is 0.612. The first-order valence-corrected chi connectivity index (χ1v) is 3.80. The average molecular weight is 169 g/mol. The van der Waals surface area contributed by atoms with Crippen molar-refractivity contribution in [1.29, 1.82) is 0 Å². The highest BCUT2D eigenvalue weighted by Crippen LogP contribution is 1.95. The van der Waals surface area contributed by atoms with E-state index in [1.165, 1.54) is 0 Å². The summed E-state index contributed by atoms with van der Waals surface area (Å²) >= 11 is 0. The molecule has 1 rings (SSSR count). The predicted octanol–water partition coefficient (Wildman–Crippen LogP) is 0.116. The fourth-order valence-electron chi connectivity index (χ4n) is 0.583. The second-order valence-corrected chi connectivity index (χ2v) is 2.16. The zero-order valence-electron chi connectivity index (χ0n) is 6.98. The third kappa shape index (κ3) is 5.85. The molecule has 0 bridgehead atoms. The molecule has 0 atom stereocenters. The van der Waals surface area contributed by atoms with E-state index in [-0.39, 0.29) is 13.2 Å². The molecule has 0 aromatic heterocycles. The zero-order valence-corrected chi connectivity index (χ0v) is 6.98. The maximum absolute atomic E-state index is 8.54. The van der Waals surface area contributed by atoms with Gasteiger partial charge in [0.05, 0.1) is 13.2 Å². The van der Waals surface area contributed by atoms with Gasteiger partial charge in [-0.15, -0.1) is 0 Å². The van der Waals surface area contributed by atoms with Crippen molar-refractivity contribution in [1.82, 2.24) is 0 Å². The molecule has 0 saturated carbocycles. The molecule has 0 amide bonds. The summed E-state index contributed by atoms with van der Waals surface area (Å²) in [7, 11) is 0. The minimum atomic E-state index is 0.0972. The molecule has 68 valence electrons. The van der Waals surface area contributed by atoms with Gasteiger partial charge in [0.2, 0.25) is 0 Å². The third-order valence-electron chi connectivity index (χ3n) is 1.15. The van der Waals surface area contributed by atoms with E-state index in [0.717, 1.165) is 5.56 Å². The van der Waals surface area contributed by atoms with E-state index in [0.29, 0.717) is 6.54 Å². The highest BCUT2D eigenvalue weighted by atomic mass is 16.3. The first-order chi connectivity index (χ1) is 5.85. The van der Waals surface area contributed by atoms with Crippen molar-refractivity contribution in [3.8, 4) is 0 Å². The van der Waals surface area contributed by atoms with E-state index >= 15 is 0 Å². The first-order valence-electron chi connectivity index (χ1n) is 3.80. The molecule has 0 saturated heterocycles. The van der Waals surface area contributed by atoms with Crippen molar-refractivity contribution in [3.05, 3.63) is 35.9 Å². The van der Waals surface area contributed by atoms with Gasteiger partial charge in [-0.3, -0.25) is 0 Å². The van der Waals surface area contributed by atoms with Crippen LogP contribution in [0.2, 0.25) is 0 Å². The van der Waals surface area contributed by atoms with Crippen LogP contribution in [0.15, 0.2) is 30.3 Å². The van der Waals surface area contributed by atoms with Gasteiger partial charge in [-0.2, -0.15) is 0 Å². The van der Waals surface area contributed by atoms with Crippen molar-refractivity contribution in [3.63, 3.8) is 0 Å². The summed E-state index contributed by atoms with van der Waals surface area (Å²) in [6.07, 6.45) is 0. The normalized spacial score (nSPS) is 8.58. The molecule has 0 aliphatic carbocycles. The molecular weight excluding hydrogens is 154 g/mol. The van der Waals surface area contributed by atoms with E-state index in [2.05, 4.69) is 0 Å². The quantitative estimate of drug-likeness (QED) is 0.589. The standard InChI is InChI=1S/C7H8O.C2H7NO/c8-6-7-4-2-1-3-5-7;3-1-2-4/h1-5,8H,6H2;4H,1-3H2. The van der Waals surface area contributed by atoms with Crippen LogP contribution in [-0.4, -0.2) is 23.4 Å². The zero-order chi connectivity index (χ0) is 9.23. The summed E-state index contributed by atoms with van der Waals surface area (Å²) in [5.41, 5.74) is 5.74.